The zero-order chi connectivity index (χ0) is 21.9. The molecule has 1 N–H and O–H groups in total. The zero-order valence-corrected chi connectivity index (χ0v) is 19.4. The third-order valence-corrected chi connectivity index (χ3v) is 6.20. The second-order valence-corrected chi connectivity index (χ2v) is 8.83. The molecule has 2 atom stereocenters. The molecule has 2 aromatic rings. The van der Waals surface area contributed by atoms with Gasteiger partial charge >= 0.3 is 0 Å². The first-order chi connectivity index (χ1) is 14.4. The summed E-state index contributed by atoms with van der Waals surface area (Å²) in [6, 6.07) is 17.9. The molecule has 0 unspecified atom stereocenters. The van der Waals surface area contributed by atoms with Crippen LogP contribution in [0.5, 0.6) is 0 Å². The van der Waals surface area contributed by atoms with E-state index in [4.69, 9.17) is 0 Å². The van der Waals surface area contributed by atoms with Gasteiger partial charge in [0.15, 0.2) is 0 Å². The Hall–Kier alpha value is -2.27. The molecule has 2 rings (SSSR count). The maximum absolute atomic E-state index is 13.2. The van der Waals surface area contributed by atoms with Gasteiger partial charge in [0.2, 0.25) is 11.8 Å². The van der Waals surface area contributed by atoms with Crippen molar-refractivity contribution in [2.75, 3.05) is 5.75 Å². The van der Waals surface area contributed by atoms with E-state index >= 15 is 0 Å². The highest BCUT2D eigenvalue weighted by Gasteiger charge is 2.28. The molecule has 0 fully saturated rings. The molecule has 0 radical (unpaired) electrons. The molecule has 2 aromatic carbocycles. The first-order valence-electron chi connectivity index (χ1n) is 10.8. The number of aryl methyl sites for hydroxylation is 1. The number of hydrogen-bond acceptors (Lipinski definition) is 3. The highest BCUT2D eigenvalue weighted by atomic mass is 32.2. The van der Waals surface area contributed by atoms with E-state index in [2.05, 4.69) is 36.5 Å². The molecule has 0 heterocycles. The van der Waals surface area contributed by atoms with Crippen molar-refractivity contribution in [2.45, 2.75) is 70.5 Å². The molecule has 0 aliphatic carbocycles. The van der Waals surface area contributed by atoms with Crippen molar-refractivity contribution < 1.29 is 9.59 Å². The van der Waals surface area contributed by atoms with E-state index in [1.165, 1.54) is 5.56 Å². The van der Waals surface area contributed by atoms with Crippen molar-refractivity contribution in [1.29, 1.82) is 0 Å². The summed E-state index contributed by atoms with van der Waals surface area (Å²) in [4.78, 5) is 29.0. The summed E-state index contributed by atoms with van der Waals surface area (Å²) < 4.78 is 0. The van der Waals surface area contributed by atoms with Crippen LogP contribution in [0.4, 0.5) is 0 Å². The number of benzene rings is 2. The third-order valence-electron chi connectivity index (χ3n) is 5.19. The summed E-state index contributed by atoms with van der Waals surface area (Å²) >= 11 is 1.68. The van der Waals surface area contributed by atoms with E-state index in [9.17, 15) is 9.59 Å². The van der Waals surface area contributed by atoms with Gasteiger partial charge in [0, 0.05) is 29.7 Å². The molecule has 30 heavy (non-hydrogen) atoms. The Morgan fingerprint density at radius 2 is 1.67 bits per heavy atom. The number of amides is 2. The summed E-state index contributed by atoms with van der Waals surface area (Å²) in [6.45, 7) is 8.51. The first-order valence-corrected chi connectivity index (χ1v) is 11.8. The molecule has 0 aliphatic heterocycles. The van der Waals surface area contributed by atoms with Crippen LogP contribution in [0.3, 0.4) is 0 Å². The summed E-state index contributed by atoms with van der Waals surface area (Å²) in [6.07, 6.45) is 1.85. The molecular formula is C25H34N2O2S. The number of carbonyl (C=O) groups is 2. The topological polar surface area (TPSA) is 49.4 Å². The van der Waals surface area contributed by atoms with Gasteiger partial charge in [0.25, 0.3) is 0 Å². The smallest absolute Gasteiger partial charge is 0.243 e. The Labute approximate surface area is 185 Å². The molecule has 0 saturated carbocycles. The largest absolute Gasteiger partial charge is 0.352 e. The van der Waals surface area contributed by atoms with Crippen LogP contribution in [0, 0.1) is 6.92 Å². The van der Waals surface area contributed by atoms with E-state index in [-0.39, 0.29) is 17.9 Å². The van der Waals surface area contributed by atoms with Gasteiger partial charge in [-0.05, 0) is 44.4 Å². The number of hydrogen-bond donors (Lipinski definition) is 1. The van der Waals surface area contributed by atoms with Crippen LogP contribution in [0.15, 0.2) is 59.5 Å². The maximum Gasteiger partial charge on any atom is 0.243 e. The van der Waals surface area contributed by atoms with E-state index in [1.807, 2.05) is 51.1 Å². The lowest BCUT2D eigenvalue weighted by Gasteiger charge is -2.31. The summed E-state index contributed by atoms with van der Waals surface area (Å²) in [5.41, 5.74) is 2.26. The Morgan fingerprint density at radius 3 is 2.27 bits per heavy atom. The van der Waals surface area contributed by atoms with Crippen LogP contribution in [-0.4, -0.2) is 34.6 Å². The fourth-order valence-electron chi connectivity index (χ4n) is 3.18. The van der Waals surface area contributed by atoms with Crippen LogP contribution in [0.1, 0.15) is 51.2 Å². The van der Waals surface area contributed by atoms with E-state index in [0.29, 0.717) is 25.1 Å². The molecule has 0 aromatic heterocycles. The molecule has 4 nitrogen and oxygen atoms in total. The predicted molar refractivity (Wildman–Crippen MR) is 125 cm³/mol. The lowest BCUT2D eigenvalue weighted by atomic mass is 10.1. The minimum absolute atomic E-state index is 0.0182. The SMILES string of the molecule is CC[C@H](C)NC(=O)[C@H](CC)N(Cc1ccccc1)C(=O)CCSc1ccc(C)cc1. The predicted octanol–water partition coefficient (Wildman–Crippen LogP) is 5.20. The molecule has 0 aliphatic rings. The van der Waals surface area contributed by atoms with Crippen LogP contribution < -0.4 is 5.32 Å². The number of rotatable bonds is 11. The van der Waals surface area contributed by atoms with Crippen molar-refractivity contribution in [3.8, 4) is 0 Å². The number of nitrogens with one attached hydrogen (secondary N) is 1. The third kappa shape index (κ3) is 7.52. The van der Waals surface area contributed by atoms with Gasteiger partial charge in [-0.15, -0.1) is 11.8 Å². The lowest BCUT2D eigenvalue weighted by molar-refractivity contribution is -0.141. The van der Waals surface area contributed by atoms with Crippen molar-refractivity contribution in [1.82, 2.24) is 10.2 Å². The van der Waals surface area contributed by atoms with Gasteiger partial charge in [0.1, 0.15) is 6.04 Å². The van der Waals surface area contributed by atoms with Gasteiger partial charge in [-0.25, -0.2) is 0 Å². The minimum Gasteiger partial charge on any atom is -0.352 e. The van der Waals surface area contributed by atoms with Crippen LogP contribution >= 0.6 is 11.8 Å². The van der Waals surface area contributed by atoms with Crippen molar-refractivity contribution in [3.63, 3.8) is 0 Å². The van der Waals surface area contributed by atoms with E-state index < -0.39 is 6.04 Å². The van der Waals surface area contributed by atoms with E-state index in [1.54, 1.807) is 16.7 Å². The number of thioether (sulfide) groups is 1. The normalized spacial score (nSPS) is 12.8. The van der Waals surface area contributed by atoms with E-state index in [0.717, 1.165) is 16.9 Å². The van der Waals surface area contributed by atoms with Crippen LogP contribution in [0.2, 0.25) is 0 Å². The molecular weight excluding hydrogens is 392 g/mol. The van der Waals surface area contributed by atoms with Crippen molar-refractivity contribution in [3.05, 3.63) is 65.7 Å². The van der Waals surface area contributed by atoms with Gasteiger partial charge in [-0.3, -0.25) is 9.59 Å². The molecule has 0 saturated heterocycles. The van der Waals surface area contributed by atoms with Gasteiger partial charge in [0.05, 0.1) is 0 Å². The first kappa shape index (κ1) is 24.0. The highest BCUT2D eigenvalue weighted by molar-refractivity contribution is 7.99. The summed E-state index contributed by atoms with van der Waals surface area (Å²) in [5, 5.41) is 3.05. The average molecular weight is 427 g/mol. The monoisotopic (exact) mass is 426 g/mol. The lowest BCUT2D eigenvalue weighted by Crippen LogP contribution is -2.50. The second-order valence-electron chi connectivity index (χ2n) is 7.66. The Kier molecular flexibility index (Phi) is 9.95. The molecule has 2 amide bonds. The van der Waals surface area contributed by atoms with Gasteiger partial charge in [-0.2, -0.15) is 0 Å². The molecule has 162 valence electrons. The van der Waals surface area contributed by atoms with Crippen LogP contribution in [0.25, 0.3) is 0 Å². The minimum atomic E-state index is -0.462. The average Bonchev–Trinajstić information content (AvgIpc) is 2.75. The highest BCUT2D eigenvalue weighted by Crippen LogP contribution is 2.21. The van der Waals surface area contributed by atoms with Gasteiger partial charge < -0.3 is 10.2 Å². The fraction of sp³-hybridized carbons (Fsp3) is 0.440. The second kappa shape index (κ2) is 12.4. The maximum atomic E-state index is 13.2. The Morgan fingerprint density at radius 1 is 1.00 bits per heavy atom. The molecule has 0 spiro atoms. The standard InChI is InChI=1S/C25H34N2O2S/c1-5-20(4)26-25(29)23(6-2)27(18-21-10-8-7-9-11-21)24(28)16-17-30-22-14-12-19(3)13-15-22/h7-15,20,23H,5-6,16-18H2,1-4H3,(H,26,29)/t20-,23-/m0/s1. The molecule has 5 heteroatoms. The van der Waals surface area contributed by atoms with Gasteiger partial charge in [-0.1, -0.05) is 61.9 Å². The van der Waals surface area contributed by atoms with Crippen molar-refractivity contribution in [2.24, 2.45) is 0 Å². The summed E-state index contributed by atoms with van der Waals surface area (Å²) in [7, 11) is 0. The van der Waals surface area contributed by atoms with Crippen LogP contribution in [-0.2, 0) is 16.1 Å². The number of carbonyl (C=O) groups excluding carboxylic acids is 2. The Bertz CT molecular complexity index is 793. The molecule has 0 bridgehead atoms. The van der Waals surface area contributed by atoms with Crippen molar-refractivity contribution >= 4 is 23.6 Å². The Balaban J connectivity index is 2.09. The summed E-state index contributed by atoms with van der Waals surface area (Å²) in [5.74, 6) is 0.642. The fourth-order valence-corrected chi connectivity index (χ4v) is 4.02. The zero-order valence-electron chi connectivity index (χ0n) is 18.6. The quantitative estimate of drug-likeness (QED) is 0.503. The number of nitrogens with zero attached hydrogens (tertiary/aromatic N) is 1.